The monoisotopic (exact) mass is 1540 g/mol. The normalized spacial score (nSPS) is 14.2. The minimum absolute atomic E-state index is 0.0641. The maximum Gasteiger partial charge on any atom is 0.260 e. The molecule has 0 spiro atoms. The van der Waals surface area contributed by atoms with Gasteiger partial charge in [-0.25, -0.2) is 0 Å². The van der Waals surface area contributed by atoms with Crippen LogP contribution < -0.4 is 29.7 Å². The van der Waals surface area contributed by atoms with Crippen LogP contribution in [-0.2, 0) is 44.5 Å². The summed E-state index contributed by atoms with van der Waals surface area (Å²) in [5, 5.41) is 4.05. The molecule has 0 saturated heterocycles. The number of likely N-dealkylation sites (N-methyl/N-ethyl adjacent to an activating group) is 2. The summed E-state index contributed by atoms with van der Waals surface area (Å²) in [6, 6.07) is 94.0. The van der Waals surface area contributed by atoms with E-state index in [4.69, 9.17) is 16.3 Å². The van der Waals surface area contributed by atoms with E-state index in [-0.39, 0.29) is 5.91 Å². The van der Waals surface area contributed by atoms with E-state index in [9.17, 15) is 4.79 Å². The van der Waals surface area contributed by atoms with Gasteiger partial charge in [-0.15, -0.1) is 11.8 Å². The third kappa shape index (κ3) is 22.1. The minimum Gasteiger partial charge on any atom is -0.488 e. The summed E-state index contributed by atoms with van der Waals surface area (Å²) in [6.07, 6.45) is 14.7. The van der Waals surface area contributed by atoms with Crippen molar-refractivity contribution in [1.82, 2.24) is 24.9 Å². The first-order chi connectivity index (χ1) is 55.2. The Hall–Kier alpha value is -9.99. The van der Waals surface area contributed by atoms with Crippen LogP contribution in [0.5, 0.6) is 5.75 Å². The molecule has 1 amide bonds. The molecule has 0 aromatic heterocycles. The molecule has 0 radical (unpaired) electrons. The number of ether oxygens (including phenoxy) is 1. The number of halogens is 1. The zero-order valence-corrected chi connectivity index (χ0v) is 69.5. The molecule has 0 unspecified atom stereocenters. The Bertz CT molecular complexity index is 4650. The lowest BCUT2D eigenvalue weighted by Crippen LogP contribution is -2.36. The highest BCUT2D eigenvalue weighted by Gasteiger charge is 2.30. The molecule has 0 bridgehead atoms. The van der Waals surface area contributed by atoms with Crippen LogP contribution in [0.25, 0.3) is 11.1 Å². The van der Waals surface area contributed by atoms with Gasteiger partial charge < -0.3 is 49.3 Å². The van der Waals surface area contributed by atoms with E-state index in [0.29, 0.717) is 13.2 Å². The van der Waals surface area contributed by atoms with Crippen molar-refractivity contribution in [2.75, 3.05) is 142 Å². The smallest absolute Gasteiger partial charge is 0.260 e. The van der Waals surface area contributed by atoms with Crippen LogP contribution in [0.15, 0.2) is 284 Å². The molecular formula is C100H114ClN9O2S. The molecule has 5 heterocycles. The largest absolute Gasteiger partial charge is 0.488 e. The second-order valence-electron chi connectivity index (χ2n) is 30.4. The third-order valence-corrected chi connectivity index (χ3v) is 22.9. The first-order valence-electron chi connectivity index (χ1n) is 40.3. The molecule has 0 fully saturated rings. The summed E-state index contributed by atoms with van der Waals surface area (Å²) in [7, 11) is 18.8. The van der Waals surface area contributed by atoms with E-state index in [1.165, 1.54) is 100.0 Å². The number of nitrogens with zero attached hydrogens (tertiary/aromatic N) is 8. The van der Waals surface area contributed by atoms with Crippen molar-refractivity contribution >= 4 is 80.2 Å². The number of para-hydroxylation sites is 8. The molecule has 1 N–H and O–H groups in total. The number of aryl methyl sites for hydroxylation is 4. The predicted octanol–water partition coefficient (Wildman–Crippen LogP) is 21.3. The lowest BCUT2D eigenvalue weighted by atomic mass is 9.93. The first-order valence-corrected chi connectivity index (χ1v) is 41.7. The van der Waals surface area contributed by atoms with Gasteiger partial charge in [0.1, 0.15) is 12.4 Å². The molecule has 5 aliphatic rings. The van der Waals surface area contributed by atoms with Crippen LogP contribution >= 0.6 is 23.4 Å². The Balaban J connectivity index is 0.000000132. The maximum absolute atomic E-state index is 13.0. The summed E-state index contributed by atoms with van der Waals surface area (Å²) < 4.78 is 5.98. The molecule has 11 aromatic rings. The number of hydrogen-bond donors (Lipinski definition) is 1. The topological polar surface area (TPSA) is 64.3 Å². The van der Waals surface area contributed by atoms with Crippen LogP contribution in [0.3, 0.4) is 0 Å². The van der Waals surface area contributed by atoms with Gasteiger partial charge in [0.2, 0.25) is 0 Å². The number of thioether (sulfide) groups is 1. The highest BCUT2D eigenvalue weighted by Crippen LogP contribution is 2.44. The number of fused-ring (bicyclic) bond motifs is 10. The Morgan fingerprint density at radius 3 is 1.37 bits per heavy atom. The van der Waals surface area contributed by atoms with Crippen LogP contribution in [0.2, 0.25) is 5.02 Å². The van der Waals surface area contributed by atoms with Crippen LogP contribution in [0.1, 0.15) is 97.2 Å². The quantitative estimate of drug-likeness (QED) is 0.0743. The minimum atomic E-state index is 0.0641. The van der Waals surface area contributed by atoms with Gasteiger partial charge in [-0.05, 0) is 267 Å². The Labute approximate surface area is 683 Å². The molecule has 13 heteroatoms. The lowest BCUT2D eigenvalue weighted by Gasteiger charge is -2.28. The maximum atomic E-state index is 13.0. The van der Waals surface area contributed by atoms with Gasteiger partial charge in [0.15, 0.2) is 0 Å². The fourth-order valence-corrected chi connectivity index (χ4v) is 16.7. The summed E-state index contributed by atoms with van der Waals surface area (Å²) in [6.45, 7) is 9.59. The zero-order valence-electron chi connectivity index (χ0n) is 67.9. The van der Waals surface area contributed by atoms with Crippen LogP contribution in [0.4, 0.5) is 39.8 Å². The van der Waals surface area contributed by atoms with Crippen LogP contribution in [0, 0.1) is 0 Å². The number of nitrogens with one attached hydrogen (secondary N) is 1. The average Bonchev–Trinajstić information content (AvgIpc) is 1.45. The Morgan fingerprint density at radius 2 is 0.832 bits per heavy atom. The van der Waals surface area contributed by atoms with Gasteiger partial charge in [0.25, 0.3) is 5.91 Å². The van der Waals surface area contributed by atoms with Crippen molar-refractivity contribution in [3.63, 3.8) is 0 Å². The van der Waals surface area contributed by atoms with Gasteiger partial charge in [0.05, 0.1) is 22.6 Å². The van der Waals surface area contributed by atoms with Gasteiger partial charge >= 0.3 is 0 Å². The molecule has 584 valence electrons. The van der Waals surface area contributed by atoms with Crippen LogP contribution in [-0.4, -0.2) is 148 Å². The van der Waals surface area contributed by atoms with Gasteiger partial charge in [0, 0.05) is 96.8 Å². The molecule has 11 nitrogen and oxygen atoms in total. The summed E-state index contributed by atoms with van der Waals surface area (Å²) >= 11 is 7.93. The predicted molar refractivity (Wildman–Crippen MR) is 482 cm³/mol. The second-order valence-corrected chi connectivity index (χ2v) is 31.9. The fourth-order valence-electron chi connectivity index (χ4n) is 15.5. The standard InChI is InChI=1S/C26H29ClN2.C19H21NO.C19H21NS.C18H21N3O.C18H22N2/c1-28(20-17-21-11-15-24(27)16-12-21)18-6-19-29-25-9-4-2-7-22(25)13-14-23-8-3-5-10-26(23)29;2*1-20(2)13-7-11-17-16-9-4-3-8-15(16)14-21-19-12-6-5-10-18(17)19;1-19(2)12-13-21-17-11-7-6-10-16(17)20(3)15-9-5-4-8-14(15)18(21)22;1-19-13-6-14-20-17-9-4-2-7-15(17)11-12-16-8-3-5-10-18(16)20/h2-5,7-12,15-16H,6,13-14,17-20H2,1H3;2*3-6,8-12H,7,13-14H2,1-2H3;4-11H,12-13H2,1-3H3;2-5,7-10,19H,6,11-14H2,1H3/b;17-11+;17-11-;;. The number of carbonyl (C=O) groups excluding carboxylic acids is 1. The van der Waals surface area contributed by atoms with Crippen molar-refractivity contribution in [2.24, 2.45) is 0 Å². The summed E-state index contributed by atoms with van der Waals surface area (Å²) in [5.41, 5.74) is 27.1. The van der Waals surface area contributed by atoms with Crippen molar-refractivity contribution in [3.05, 3.63) is 351 Å². The molecule has 0 atom stereocenters. The Kier molecular flexibility index (Phi) is 30.4. The molecule has 11 aromatic carbocycles. The SMILES string of the molecule is CN(C)CC/C=C1/c2ccccc2CSc2ccccc21.CN(C)CC/C=C1\c2ccccc2COc2ccccc21.CN(C)CCN1C(=O)c2ccccc2N(C)c2ccccc21.CN(CCCN1c2ccccc2CCc2ccccc21)CCc1ccc(Cl)cc1.CNCCCN1c2ccccc2CCc2ccccc21. The summed E-state index contributed by atoms with van der Waals surface area (Å²) in [5.74, 6) is 2.09. The number of hydrogen-bond acceptors (Lipinski definition) is 11. The van der Waals surface area contributed by atoms with Crippen molar-refractivity contribution in [2.45, 2.75) is 75.0 Å². The fraction of sp³-hybridized carbons (Fsp3) is 0.290. The van der Waals surface area contributed by atoms with E-state index in [0.717, 1.165) is 149 Å². The molecule has 0 saturated carbocycles. The summed E-state index contributed by atoms with van der Waals surface area (Å²) in [4.78, 5) is 32.4. The average molecular weight is 1540 g/mol. The first kappa shape index (κ1) is 82.5. The van der Waals surface area contributed by atoms with E-state index in [1.807, 2.05) is 106 Å². The number of amides is 1. The number of benzene rings is 11. The van der Waals surface area contributed by atoms with E-state index in [2.05, 4.69) is 293 Å². The highest BCUT2D eigenvalue weighted by atomic mass is 35.5. The molecule has 113 heavy (non-hydrogen) atoms. The van der Waals surface area contributed by atoms with Crippen molar-refractivity contribution < 1.29 is 9.53 Å². The van der Waals surface area contributed by atoms with Crippen molar-refractivity contribution in [1.29, 1.82) is 0 Å². The lowest BCUT2D eigenvalue weighted by molar-refractivity contribution is 0.0986. The van der Waals surface area contributed by atoms with Gasteiger partial charge in [-0.3, -0.25) is 4.79 Å². The molecular weight excluding hydrogens is 1430 g/mol. The van der Waals surface area contributed by atoms with E-state index < -0.39 is 0 Å². The van der Waals surface area contributed by atoms with Gasteiger partial charge in [-0.2, -0.15) is 0 Å². The number of carbonyl (C=O) groups is 1. The highest BCUT2D eigenvalue weighted by molar-refractivity contribution is 7.98. The third-order valence-electron chi connectivity index (χ3n) is 21.5. The molecule has 5 aliphatic heterocycles. The molecule has 0 aliphatic carbocycles. The van der Waals surface area contributed by atoms with E-state index >= 15 is 0 Å². The Morgan fingerprint density at radius 1 is 0.407 bits per heavy atom. The second kappa shape index (κ2) is 41.7. The van der Waals surface area contributed by atoms with E-state index in [1.54, 1.807) is 0 Å². The van der Waals surface area contributed by atoms with Gasteiger partial charge in [-0.1, -0.05) is 218 Å². The molecule has 16 rings (SSSR count). The zero-order chi connectivity index (χ0) is 78.8. The number of rotatable bonds is 20. The van der Waals surface area contributed by atoms with Crippen molar-refractivity contribution in [3.8, 4) is 5.75 Å². The number of anilines is 7.